The van der Waals surface area contributed by atoms with Gasteiger partial charge in [0.05, 0.1) is 5.54 Å². The van der Waals surface area contributed by atoms with E-state index in [2.05, 4.69) is 0 Å². The molecule has 0 saturated heterocycles. The molecule has 2 aromatic rings. The minimum Gasteiger partial charge on any atom is -0.457 e. The number of rotatable bonds is 3. The quantitative estimate of drug-likeness (QED) is 0.916. The van der Waals surface area contributed by atoms with Crippen LogP contribution in [-0.2, 0) is 5.54 Å². The lowest BCUT2D eigenvalue weighted by Gasteiger charge is -2.44. The lowest BCUT2D eigenvalue weighted by molar-refractivity contribution is -0.125. The molecule has 0 unspecified atom stereocenters. The van der Waals surface area contributed by atoms with Crippen molar-refractivity contribution in [2.45, 2.75) is 24.3 Å². The van der Waals surface area contributed by atoms with E-state index in [0.29, 0.717) is 5.75 Å². The van der Waals surface area contributed by atoms with Crippen molar-refractivity contribution < 1.29 is 13.5 Å². The molecule has 0 aliphatic heterocycles. The third-order valence-electron chi connectivity index (χ3n) is 3.56. The summed E-state index contributed by atoms with van der Waals surface area (Å²) in [7, 11) is 0. The zero-order valence-electron chi connectivity index (χ0n) is 10.9. The molecule has 2 N–H and O–H groups in total. The van der Waals surface area contributed by atoms with Crippen LogP contribution in [-0.4, -0.2) is 5.92 Å². The first-order valence-electron chi connectivity index (χ1n) is 6.47. The molecule has 1 aliphatic rings. The van der Waals surface area contributed by atoms with Gasteiger partial charge in [0.2, 0.25) is 0 Å². The van der Waals surface area contributed by atoms with Gasteiger partial charge in [0, 0.05) is 12.8 Å². The monoisotopic (exact) mass is 275 g/mol. The summed E-state index contributed by atoms with van der Waals surface area (Å²) in [6, 6.07) is 16.4. The maximum atomic E-state index is 13.0. The van der Waals surface area contributed by atoms with Crippen molar-refractivity contribution in [3.63, 3.8) is 0 Å². The molecule has 2 aromatic carbocycles. The molecule has 0 heterocycles. The maximum absolute atomic E-state index is 13.0. The molecular formula is C16H15F2NO. The smallest absolute Gasteiger partial charge is 0.252 e. The fraction of sp³-hybridized carbons (Fsp3) is 0.250. The summed E-state index contributed by atoms with van der Waals surface area (Å²) in [6.07, 6.45) is -0.586. The summed E-state index contributed by atoms with van der Waals surface area (Å²) < 4.78 is 31.6. The van der Waals surface area contributed by atoms with E-state index in [-0.39, 0.29) is 12.8 Å². The number of hydrogen-bond acceptors (Lipinski definition) is 2. The first-order chi connectivity index (χ1) is 9.47. The Kier molecular flexibility index (Phi) is 2.98. The van der Waals surface area contributed by atoms with E-state index < -0.39 is 11.5 Å². The first kappa shape index (κ1) is 13.1. The van der Waals surface area contributed by atoms with Crippen LogP contribution in [0.4, 0.5) is 8.78 Å². The molecule has 1 fully saturated rings. The fourth-order valence-electron chi connectivity index (χ4n) is 2.55. The van der Waals surface area contributed by atoms with Gasteiger partial charge >= 0.3 is 0 Å². The maximum Gasteiger partial charge on any atom is 0.252 e. The largest absolute Gasteiger partial charge is 0.457 e. The van der Waals surface area contributed by atoms with Crippen molar-refractivity contribution in [1.29, 1.82) is 0 Å². The Hall–Kier alpha value is -1.94. The second-order valence-corrected chi connectivity index (χ2v) is 5.31. The zero-order valence-corrected chi connectivity index (χ0v) is 10.9. The topological polar surface area (TPSA) is 35.2 Å². The van der Waals surface area contributed by atoms with Crippen LogP contribution in [0.1, 0.15) is 18.4 Å². The van der Waals surface area contributed by atoms with Crippen molar-refractivity contribution >= 4 is 0 Å². The SMILES string of the molecule is NC1(c2ccc(Oc3ccccc3)cc2)CC(F)(F)C1. The van der Waals surface area contributed by atoms with Gasteiger partial charge in [-0.25, -0.2) is 8.78 Å². The van der Waals surface area contributed by atoms with Crippen LogP contribution in [0.15, 0.2) is 54.6 Å². The van der Waals surface area contributed by atoms with Crippen LogP contribution in [0.3, 0.4) is 0 Å². The van der Waals surface area contributed by atoms with E-state index >= 15 is 0 Å². The van der Waals surface area contributed by atoms with Crippen LogP contribution in [0.2, 0.25) is 0 Å². The summed E-state index contributed by atoms with van der Waals surface area (Å²) in [5.41, 5.74) is 5.80. The highest BCUT2D eigenvalue weighted by atomic mass is 19.3. The van der Waals surface area contributed by atoms with Crippen molar-refractivity contribution in [1.82, 2.24) is 0 Å². The summed E-state index contributed by atoms with van der Waals surface area (Å²) in [4.78, 5) is 0. The molecule has 0 aromatic heterocycles. The highest BCUT2D eigenvalue weighted by molar-refractivity contribution is 5.37. The van der Waals surface area contributed by atoms with Crippen molar-refractivity contribution in [3.8, 4) is 11.5 Å². The van der Waals surface area contributed by atoms with Crippen molar-refractivity contribution in [3.05, 3.63) is 60.2 Å². The summed E-state index contributed by atoms with van der Waals surface area (Å²) in [6.45, 7) is 0. The Bertz CT molecular complexity index is 588. The van der Waals surface area contributed by atoms with E-state index in [1.54, 1.807) is 24.3 Å². The Labute approximate surface area is 116 Å². The van der Waals surface area contributed by atoms with Crippen LogP contribution in [0.25, 0.3) is 0 Å². The van der Waals surface area contributed by atoms with Gasteiger partial charge in [0.25, 0.3) is 5.92 Å². The molecule has 1 aliphatic carbocycles. The van der Waals surface area contributed by atoms with E-state index in [1.165, 1.54) is 0 Å². The van der Waals surface area contributed by atoms with Crippen LogP contribution in [0, 0.1) is 0 Å². The first-order valence-corrected chi connectivity index (χ1v) is 6.47. The van der Waals surface area contributed by atoms with E-state index in [1.807, 2.05) is 30.3 Å². The summed E-state index contributed by atoms with van der Waals surface area (Å²) in [5.74, 6) is -1.24. The highest BCUT2D eigenvalue weighted by Crippen LogP contribution is 2.49. The second kappa shape index (κ2) is 4.56. The van der Waals surface area contributed by atoms with E-state index in [0.717, 1.165) is 11.3 Å². The Morgan fingerprint density at radius 2 is 1.40 bits per heavy atom. The number of hydrogen-bond donors (Lipinski definition) is 1. The Morgan fingerprint density at radius 3 is 1.95 bits per heavy atom. The van der Waals surface area contributed by atoms with Crippen LogP contribution < -0.4 is 10.5 Å². The van der Waals surface area contributed by atoms with Gasteiger partial charge in [0.15, 0.2) is 0 Å². The van der Waals surface area contributed by atoms with Crippen molar-refractivity contribution in [2.75, 3.05) is 0 Å². The normalized spacial score (nSPS) is 19.1. The van der Waals surface area contributed by atoms with E-state index in [9.17, 15) is 8.78 Å². The van der Waals surface area contributed by atoms with Gasteiger partial charge < -0.3 is 10.5 Å². The molecule has 0 radical (unpaired) electrons. The van der Waals surface area contributed by atoms with E-state index in [4.69, 9.17) is 10.5 Å². The number of para-hydroxylation sites is 1. The van der Waals surface area contributed by atoms with Gasteiger partial charge in [-0.2, -0.15) is 0 Å². The lowest BCUT2D eigenvalue weighted by atomic mass is 9.70. The molecule has 20 heavy (non-hydrogen) atoms. The number of ether oxygens (including phenoxy) is 1. The molecule has 3 rings (SSSR count). The lowest BCUT2D eigenvalue weighted by Crippen LogP contribution is -2.55. The molecule has 0 amide bonds. The third-order valence-corrected chi connectivity index (χ3v) is 3.56. The summed E-state index contributed by atoms with van der Waals surface area (Å²) >= 11 is 0. The number of halogens is 2. The molecular weight excluding hydrogens is 260 g/mol. The second-order valence-electron chi connectivity index (χ2n) is 5.31. The Balaban J connectivity index is 1.73. The highest BCUT2D eigenvalue weighted by Gasteiger charge is 2.55. The number of nitrogens with two attached hydrogens (primary N) is 1. The van der Waals surface area contributed by atoms with Gasteiger partial charge in [-0.15, -0.1) is 0 Å². The predicted molar refractivity (Wildman–Crippen MR) is 73.0 cm³/mol. The average molecular weight is 275 g/mol. The van der Waals surface area contributed by atoms with Crippen molar-refractivity contribution in [2.24, 2.45) is 5.73 Å². The predicted octanol–water partition coefficient (Wildman–Crippen LogP) is 4.06. The van der Waals surface area contributed by atoms with Gasteiger partial charge in [0.1, 0.15) is 11.5 Å². The molecule has 0 atom stereocenters. The van der Waals surface area contributed by atoms with Crippen LogP contribution in [0.5, 0.6) is 11.5 Å². The Morgan fingerprint density at radius 1 is 0.850 bits per heavy atom. The number of benzene rings is 2. The standard InChI is InChI=1S/C16H15F2NO/c17-16(18)10-15(19,11-16)12-6-8-14(9-7-12)20-13-4-2-1-3-5-13/h1-9H,10-11,19H2. The zero-order chi connectivity index (χ0) is 14.2. The average Bonchev–Trinajstić information content (AvgIpc) is 2.38. The fourth-order valence-corrected chi connectivity index (χ4v) is 2.55. The minimum absolute atomic E-state index is 0.293. The van der Waals surface area contributed by atoms with Gasteiger partial charge in [-0.3, -0.25) is 0 Å². The minimum atomic E-state index is -2.63. The van der Waals surface area contributed by atoms with Gasteiger partial charge in [-0.1, -0.05) is 30.3 Å². The third kappa shape index (κ3) is 2.51. The molecule has 0 spiro atoms. The van der Waals surface area contributed by atoms with Crippen LogP contribution >= 0.6 is 0 Å². The molecule has 4 heteroatoms. The van der Waals surface area contributed by atoms with Gasteiger partial charge in [-0.05, 0) is 29.8 Å². The molecule has 2 nitrogen and oxygen atoms in total. The summed E-state index contributed by atoms with van der Waals surface area (Å²) in [5, 5.41) is 0. The molecule has 0 bridgehead atoms. The molecule has 104 valence electrons. The number of alkyl halides is 2. The molecule has 1 saturated carbocycles.